The predicted molar refractivity (Wildman–Crippen MR) is 81.3 cm³/mol. The summed E-state index contributed by atoms with van der Waals surface area (Å²) in [6.07, 6.45) is 5.30. The third-order valence-corrected chi connectivity index (χ3v) is 4.24. The number of anilines is 1. The van der Waals surface area contributed by atoms with Crippen molar-refractivity contribution in [2.75, 3.05) is 23.4 Å². The molecule has 0 saturated carbocycles. The first-order valence-corrected chi connectivity index (χ1v) is 7.69. The van der Waals surface area contributed by atoms with E-state index in [-0.39, 0.29) is 11.9 Å². The second-order valence-electron chi connectivity index (χ2n) is 4.56. The van der Waals surface area contributed by atoms with Crippen molar-refractivity contribution in [3.8, 4) is 5.69 Å². The number of nitrogens with one attached hydrogen (secondary N) is 2. The van der Waals surface area contributed by atoms with Gasteiger partial charge < -0.3 is 15.2 Å². The van der Waals surface area contributed by atoms with Crippen LogP contribution < -0.4 is 10.6 Å². The molecule has 0 radical (unpaired) electrons. The lowest BCUT2D eigenvalue weighted by atomic mass is 10.2. The zero-order chi connectivity index (χ0) is 13.8. The van der Waals surface area contributed by atoms with Gasteiger partial charge in [0.2, 0.25) is 5.91 Å². The molecule has 2 aromatic rings. The zero-order valence-electron chi connectivity index (χ0n) is 11.0. The van der Waals surface area contributed by atoms with Gasteiger partial charge in [-0.25, -0.2) is 4.98 Å². The van der Waals surface area contributed by atoms with Crippen molar-refractivity contribution in [3.05, 3.63) is 43.0 Å². The number of imidazole rings is 1. The third kappa shape index (κ3) is 2.86. The van der Waals surface area contributed by atoms with Crippen LogP contribution in [0.2, 0.25) is 0 Å². The molecular weight excluding hydrogens is 272 g/mol. The average molecular weight is 288 g/mol. The van der Waals surface area contributed by atoms with E-state index in [9.17, 15) is 4.79 Å². The van der Waals surface area contributed by atoms with Gasteiger partial charge in [0.1, 0.15) is 0 Å². The summed E-state index contributed by atoms with van der Waals surface area (Å²) >= 11 is 1.81. The maximum atomic E-state index is 12.3. The van der Waals surface area contributed by atoms with E-state index < -0.39 is 0 Å². The molecular formula is C14H16N4OS. The van der Waals surface area contributed by atoms with Crippen molar-refractivity contribution in [2.24, 2.45) is 0 Å². The topological polar surface area (TPSA) is 59.0 Å². The molecule has 5 nitrogen and oxygen atoms in total. The Kier molecular flexibility index (Phi) is 4.03. The molecule has 0 spiro atoms. The Balaban J connectivity index is 1.79. The lowest BCUT2D eigenvalue weighted by Crippen LogP contribution is -2.46. The fraction of sp³-hybridized carbons (Fsp3) is 0.286. The number of carbonyl (C=O) groups excluding carboxylic acids is 1. The number of aromatic nitrogens is 2. The number of hydrogen-bond acceptors (Lipinski definition) is 4. The highest BCUT2D eigenvalue weighted by atomic mass is 32.2. The molecule has 6 heteroatoms. The second-order valence-corrected chi connectivity index (χ2v) is 5.71. The molecule has 20 heavy (non-hydrogen) atoms. The number of nitrogens with zero attached hydrogens (tertiary/aromatic N) is 2. The molecule has 2 N–H and O–H groups in total. The summed E-state index contributed by atoms with van der Waals surface area (Å²) in [7, 11) is 0. The summed E-state index contributed by atoms with van der Waals surface area (Å²) in [6, 6.07) is 7.60. The summed E-state index contributed by atoms with van der Waals surface area (Å²) in [5.41, 5.74) is 1.72. The molecule has 1 saturated heterocycles. The monoisotopic (exact) mass is 288 g/mol. The number of hydrogen-bond donors (Lipinski definition) is 2. The van der Waals surface area contributed by atoms with Gasteiger partial charge in [-0.3, -0.25) is 4.79 Å². The van der Waals surface area contributed by atoms with Crippen molar-refractivity contribution in [2.45, 2.75) is 6.04 Å². The van der Waals surface area contributed by atoms with E-state index >= 15 is 0 Å². The highest BCUT2D eigenvalue weighted by molar-refractivity contribution is 7.99. The van der Waals surface area contributed by atoms with Crippen LogP contribution in [-0.2, 0) is 4.79 Å². The smallest absolute Gasteiger partial charge is 0.242 e. The van der Waals surface area contributed by atoms with E-state index in [4.69, 9.17) is 0 Å². The van der Waals surface area contributed by atoms with E-state index in [0.717, 1.165) is 29.4 Å². The molecule has 0 bridgehead atoms. The van der Waals surface area contributed by atoms with Crippen molar-refractivity contribution in [1.82, 2.24) is 14.9 Å². The third-order valence-electron chi connectivity index (χ3n) is 3.18. The van der Waals surface area contributed by atoms with Gasteiger partial charge in [0.15, 0.2) is 0 Å². The number of thioether (sulfide) groups is 1. The zero-order valence-corrected chi connectivity index (χ0v) is 11.8. The van der Waals surface area contributed by atoms with Crippen LogP contribution in [0.4, 0.5) is 5.69 Å². The molecule has 1 unspecified atom stereocenters. The van der Waals surface area contributed by atoms with E-state index in [2.05, 4.69) is 15.6 Å². The molecule has 1 fully saturated rings. The molecule has 1 aromatic heterocycles. The molecule has 1 atom stereocenters. The van der Waals surface area contributed by atoms with Crippen LogP contribution >= 0.6 is 11.8 Å². The first-order valence-electron chi connectivity index (χ1n) is 6.54. The van der Waals surface area contributed by atoms with E-state index in [1.165, 1.54) is 0 Å². The Morgan fingerprint density at radius 3 is 3.10 bits per heavy atom. The van der Waals surface area contributed by atoms with Gasteiger partial charge >= 0.3 is 0 Å². The van der Waals surface area contributed by atoms with Gasteiger partial charge in [0.25, 0.3) is 0 Å². The van der Waals surface area contributed by atoms with Crippen LogP contribution in [0.1, 0.15) is 0 Å². The standard InChI is InChI=1S/C14H16N4OS/c19-14(12-9-20-8-6-16-12)17-11-3-1-2-4-13(11)18-7-5-15-10-18/h1-5,7,10,12,16H,6,8-9H2,(H,17,19). The Hall–Kier alpha value is -1.79. The number of rotatable bonds is 3. The summed E-state index contributed by atoms with van der Waals surface area (Å²) in [5.74, 6) is 1.90. The van der Waals surface area contributed by atoms with Gasteiger partial charge in [-0.05, 0) is 12.1 Å². The Labute approximate surface area is 121 Å². The Morgan fingerprint density at radius 2 is 2.35 bits per heavy atom. The van der Waals surface area contributed by atoms with Gasteiger partial charge in [-0.2, -0.15) is 11.8 Å². The minimum Gasteiger partial charge on any atom is -0.323 e. The first kappa shape index (κ1) is 13.2. The number of carbonyl (C=O) groups is 1. The summed E-state index contributed by atoms with van der Waals surface area (Å²) < 4.78 is 1.89. The summed E-state index contributed by atoms with van der Waals surface area (Å²) in [4.78, 5) is 16.3. The van der Waals surface area contributed by atoms with Crippen molar-refractivity contribution in [1.29, 1.82) is 0 Å². The molecule has 1 aromatic carbocycles. The normalized spacial score (nSPS) is 18.7. The quantitative estimate of drug-likeness (QED) is 0.899. The lowest BCUT2D eigenvalue weighted by molar-refractivity contribution is -0.117. The largest absolute Gasteiger partial charge is 0.323 e. The molecule has 1 aliphatic rings. The maximum Gasteiger partial charge on any atom is 0.242 e. The number of para-hydroxylation sites is 2. The van der Waals surface area contributed by atoms with E-state index in [1.54, 1.807) is 24.3 Å². The van der Waals surface area contributed by atoms with E-state index in [1.807, 2.05) is 35.0 Å². The van der Waals surface area contributed by atoms with Gasteiger partial charge in [-0.1, -0.05) is 12.1 Å². The molecule has 2 heterocycles. The predicted octanol–water partition coefficient (Wildman–Crippen LogP) is 1.52. The van der Waals surface area contributed by atoms with Crippen LogP contribution in [0, 0.1) is 0 Å². The van der Waals surface area contributed by atoms with Crippen molar-refractivity contribution >= 4 is 23.4 Å². The molecule has 1 aliphatic heterocycles. The van der Waals surface area contributed by atoms with Gasteiger partial charge in [0.05, 0.1) is 23.7 Å². The fourth-order valence-corrected chi connectivity index (χ4v) is 3.09. The average Bonchev–Trinajstić information content (AvgIpc) is 3.03. The van der Waals surface area contributed by atoms with Crippen LogP contribution in [0.5, 0.6) is 0 Å². The number of amides is 1. The maximum absolute atomic E-state index is 12.3. The highest BCUT2D eigenvalue weighted by Crippen LogP contribution is 2.20. The fourth-order valence-electron chi connectivity index (χ4n) is 2.16. The number of benzene rings is 1. The lowest BCUT2D eigenvalue weighted by Gasteiger charge is -2.22. The van der Waals surface area contributed by atoms with Gasteiger partial charge in [-0.15, -0.1) is 0 Å². The van der Waals surface area contributed by atoms with Crippen LogP contribution in [0.25, 0.3) is 5.69 Å². The Morgan fingerprint density at radius 1 is 1.45 bits per heavy atom. The summed E-state index contributed by atoms with van der Waals surface area (Å²) in [5, 5.41) is 6.25. The highest BCUT2D eigenvalue weighted by Gasteiger charge is 2.21. The SMILES string of the molecule is O=C(Nc1ccccc1-n1ccnc1)C1CSCCN1. The molecule has 0 aliphatic carbocycles. The summed E-state index contributed by atoms with van der Waals surface area (Å²) in [6.45, 7) is 0.881. The minimum absolute atomic E-state index is 0.0183. The van der Waals surface area contributed by atoms with E-state index in [0.29, 0.717) is 0 Å². The molecule has 3 rings (SSSR count). The minimum atomic E-state index is -0.121. The van der Waals surface area contributed by atoms with Crippen LogP contribution in [-0.4, -0.2) is 39.6 Å². The first-order chi connectivity index (χ1) is 9.84. The van der Waals surface area contributed by atoms with Gasteiger partial charge in [0, 0.05) is 30.4 Å². The van der Waals surface area contributed by atoms with Crippen LogP contribution in [0.3, 0.4) is 0 Å². The van der Waals surface area contributed by atoms with Crippen LogP contribution in [0.15, 0.2) is 43.0 Å². The Bertz CT molecular complexity index is 579. The molecule has 1 amide bonds. The van der Waals surface area contributed by atoms with Crippen molar-refractivity contribution < 1.29 is 4.79 Å². The second kappa shape index (κ2) is 6.11. The molecule has 104 valence electrons. The van der Waals surface area contributed by atoms with Crippen molar-refractivity contribution in [3.63, 3.8) is 0 Å².